The van der Waals surface area contributed by atoms with Gasteiger partial charge in [0.2, 0.25) is 5.91 Å². The van der Waals surface area contributed by atoms with Gasteiger partial charge in [-0.15, -0.1) is 0 Å². The number of likely N-dealkylation sites (N-methyl/N-ethyl adjacent to an activating group) is 1. The van der Waals surface area contributed by atoms with Crippen LogP contribution in [-0.2, 0) is 9.53 Å². The molecule has 128 valence electrons. The van der Waals surface area contributed by atoms with Crippen LogP contribution in [0.5, 0.6) is 0 Å². The molecule has 22 heavy (non-hydrogen) atoms. The molecule has 2 aliphatic rings. The van der Waals surface area contributed by atoms with Crippen molar-refractivity contribution in [3.8, 4) is 0 Å². The summed E-state index contributed by atoms with van der Waals surface area (Å²) in [5.74, 6) is 0.696. The number of carbonyl (C=O) groups excluding carboxylic acids is 1. The van der Waals surface area contributed by atoms with E-state index < -0.39 is 0 Å². The van der Waals surface area contributed by atoms with Crippen molar-refractivity contribution in [3.63, 3.8) is 0 Å². The second kappa shape index (κ2) is 8.82. The van der Waals surface area contributed by atoms with Crippen LogP contribution < -0.4 is 10.6 Å². The maximum absolute atomic E-state index is 12.2. The van der Waals surface area contributed by atoms with E-state index in [-0.39, 0.29) is 18.1 Å². The van der Waals surface area contributed by atoms with Crippen LogP contribution in [0.3, 0.4) is 0 Å². The van der Waals surface area contributed by atoms with E-state index in [2.05, 4.69) is 34.5 Å². The predicted molar refractivity (Wildman–Crippen MR) is 87.9 cm³/mol. The molecule has 0 aromatic carbocycles. The summed E-state index contributed by atoms with van der Waals surface area (Å²) in [5, 5.41) is 6.35. The van der Waals surface area contributed by atoms with Gasteiger partial charge in [-0.1, -0.05) is 0 Å². The van der Waals surface area contributed by atoms with Gasteiger partial charge in [-0.05, 0) is 52.9 Å². The van der Waals surface area contributed by atoms with Crippen molar-refractivity contribution in [2.75, 3.05) is 60.0 Å². The number of ether oxygens (including phenoxy) is 1. The average Bonchev–Trinajstić information content (AvgIpc) is 2.52. The molecule has 0 bridgehead atoms. The molecule has 0 aromatic rings. The molecule has 0 aliphatic carbocycles. The van der Waals surface area contributed by atoms with Gasteiger partial charge >= 0.3 is 0 Å². The fraction of sp³-hybridized carbons (Fsp3) is 0.938. The Morgan fingerprint density at radius 1 is 1.36 bits per heavy atom. The summed E-state index contributed by atoms with van der Waals surface area (Å²) in [4.78, 5) is 17.0. The number of rotatable bonds is 6. The Balaban J connectivity index is 1.63. The highest BCUT2D eigenvalue weighted by molar-refractivity contribution is 5.82. The Morgan fingerprint density at radius 3 is 2.73 bits per heavy atom. The monoisotopic (exact) mass is 312 g/mol. The van der Waals surface area contributed by atoms with Crippen molar-refractivity contribution in [1.82, 2.24) is 20.4 Å². The van der Waals surface area contributed by atoms with Crippen molar-refractivity contribution >= 4 is 5.91 Å². The minimum Gasteiger partial charge on any atom is -0.375 e. The minimum atomic E-state index is -0.200. The number of carbonyl (C=O) groups is 1. The molecule has 0 aromatic heterocycles. The molecule has 2 N–H and O–H groups in total. The van der Waals surface area contributed by atoms with Gasteiger partial charge in [0.25, 0.3) is 0 Å². The lowest BCUT2D eigenvalue weighted by Gasteiger charge is -2.33. The molecule has 2 saturated heterocycles. The molecule has 0 spiro atoms. The maximum atomic E-state index is 12.2. The Kier molecular flexibility index (Phi) is 7.08. The van der Waals surface area contributed by atoms with Crippen LogP contribution in [0.15, 0.2) is 0 Å². The van der Waals surface area contributed by atoms with Gasteiger partial charge in [-0.3, -0.25) is 4.79 Å². The van der Waals surface area contributed by atoms with Crippen molar-refractivity contribution in [2.45, 2.75) is 31.9 Å². The van der Waals surface area contributed by atoms with Crippen LogP contribution in [0.25, 0.3) is 0 Å². The number of nitrogens with one attached hydrogen (secondary N) is 2. The van der Waals surface area contributed by atoms with Crippen molar-refractivity contribution in [1.29, 1.82) is 0 Å². The van der Waals surface area contributed by atoms with E-state index in [1.54, 1.807) is 0 Å². The molecule has 1 amide bonds. The molecule has 6 heteroatoms. The summed E-state index contributed by atoms with van der Waals surface area (Å²) in [5.41, 5.74) is 0. The standard InChI is InChI=1S/C16H32N4O2/c1-13-15(17-6-11-22-13)16(21)18-12-14-4-7-20(8-5-14)10-9-19(2)3/h13-15,17H,4-12H2,1-3H3,(H,18,21)/t13-,15+/m1/s1. The van der Waals surface area contributed by atoms with Gasteiger partial charge in [0, 0.05) is 26.2 Å². The van der Waals surface area contributed by atoms with E-state index in [4.69, 9.17) is 4.74 Å². The molecule has 0 radical (unpaired) electrons. The Bertz CT molecular complexity index is 343. The highest BCUT2D eigenvalue weighted by Crippen LogP contribution is 2.16. The number of amides is 1. The zero-order chi connectivity index (χ0) is 15.9. The van der Waals surface area contributed by atoms with E-state index in [1.165, 1.54) is 12.8 Å². The second-order valence-electron chi connectivity index (χ2n) is 6.84. The quantitative estimate of drug-likeness (QED) is 0.709. The van der Waals surface area contributed by atoms with Crippen LogP contribution in [0.1, 0.15) is 19.8 Å². The number of hydrogen-bond acceptors (Lipinski definition) is 5. The third-order valence-electron chi connectivity index (χ3n) is 4.73. The first-order valence-electron chi connectivity index (χ1n) is 8.56. The average molecular weight is 312 g/mol. The Hall–Kier alpha value is -0.690. The molecular weight excluding hydrogens is 280 g/mol. The van der Waals surface area contributed by atoms with E-state index in [1.807, 2.05) is 6.92 Å². The Labute approximate surface area is 134 Å². The lowest BCUT2D eigenvalue weighted by molar-refractivity contribution is -0.129. The van der Waals surface area contributed by atoms with Crippen LogP contribution in [0, 0.1) is 5.92 Å². The number of hydrogen-bond donors (Lipinski definition) is 2. The minimum absolute atomic E-state index is 0.0402. The largest absolute Gasteiger partial charge is 0.375 e. The normalized spacial score (nSPS) is 28.0. The summed E-state index contributed by atoms with van der Waals surface area (Å²) in [6, 6.07) is -0.200. The Morgan fingerprint density at radius 2 is 2.09 bits per heavy atom. The van der Waals surface area contributed by atoms with Gasteiger partial charge in [0.15, 0.2) is 0 Å². The number of morpholine rings is 1. The molecule has 0 unspecified atom stereocenters. The third kappa shape index (κ3) is 5.50. The second-order valence-corrected chi connectivity index (χ2v) is 6.84. The van der Waals surface area contributed by atoms with Gasteiger partial charge < -0.3 is 25.2 Å². The number of likely N-dealkylation sites (tertiary alicyclic amines) is 1. The fourth-order valence-corrected chi connectivity index (χ4v) is 3.14. The molecule has 2 rings (SSSR count). The molecule has 2 fully saturated rings. The van der Waals surface area contributed by atoms with E-state index in [0.717, 1.165) is 39.3 Å². The van der Waals surface area contributed by atoms with Crippen LogP contribution in [0.2, 0.25) is 0 Å². The molecule has 0 saturated carbocycles. The summed E-state index contributed by atoms with van der Waals surface area (Å²) >= 11 is 0. The van der Waals surface area contributed by atoms with Gasteiger partial charge in [-0.2, -0.15) is 0 Å². The molecule has 6 nitrogen and oxygen atoms in total. The van der Waals surface area contributed by atoms with Gasteiger partial charge in [-0.25, -0.2) is 0 Å². The molecule has 2 heterocycles. The van der Waals surface area contributed by atoms with E-state index >= 15 is 0 Å². The maximum Gasteiger partial charge on any atom is 0.239 e. The first-order valence-corrected chi connectivity index (χ1v) is 8.56. The fourth-order valence-electron chi connectivity index (χ4n) is 3.14. The summed E-state index contributed by atoms with van der Waals surface area (Å²) in [7, 11) is 4.23. The van der Waals surface area contributed by atoms with Crippen LogP contribution in [0.4, 0.5) is 0 Å². The van der Waals surface area contributed by atoms with Crippen molar-refractivity contribution in [2.24, 2.45) is 5.92 Å². The van der Waals surface area contributed by atoms with E-state index in [9.17, 15) is 4.79 Å². The smallest absolute Gasteiger partial charge is 0.239 e. The lowest BCUT2D eigenvalue weighted by Crippen LogP contribution is -2.56. The van der Waals surface area contributed by atoms with Crippen LogP contribution >= 0.6 is 0 Å². The van der Waals surface area contributed by atoms with Crippen LogP contribution in [-0.4, -0.2) is 87.8 Å². The highest BCUT2D eigenvalue weighted by Gasteiger charge is 2.28. The zero-order valence-electron chi connectivity index (χ0n) is 14.3. The van der Waals surface area contributed by atoms with Gasteiger partial charge in [0.1, 0.15) is 6.04 Å². The van der Waals surface area contributed by atoms with Gasteiger partial charge in [0.05, 0.1) is 12.7 Å². The number of nitrogens with zero attached hydrogens (tertiary/aromatic N) is 2. The first kappa shape index (κ1) is 17.7. The zero-order valence-corrected chi connectivity index (χ0v) is 14.3. The number of piperidine rings is 1. The SMILES string of the molecule is C[C@H]1OCCN[C@@H]1C(=O)NCC1CCN(CCN(C)C)CC1. The summed E-state index contributed by atoms with van der Waals surface area (Å²) in [6.07, 6.45) is 2.32. The highest BCUT2D eigenvalue weighted by atomic mass is 16.5. The van der Waals surface area contributed by atoms with E-state index in [0.29, 0.717) is 12.5 Å². The lowest BCUT2D eigenvalue weighted by atomic mass is 9.96. The van der Waals surface area contributed by atoms with Crippen molar-refractivity contribution < 1.29 is 9.53 Å². The van der Waals surface area contributed by atoms with Crippen molar-refractivity contribution in [3.05, 3.63) is 0 Å². The topological polar surface area (TPSA) is 56.8 Å². The molecule has 2 aliphatic heterocycles. The summed E-state index contributed by atoms with van der Waals surface area (Å²) < 4.78 is 5.53. The third-order valence-corrected chi connectivity index (χ3v) is 4.73. The first-order chi connectivity index (χ1) is 10.6. The summed E-state index contributed by atoms with van der Waals surface area (Å²) in [6.45, 7) is 8.76. The molecule has 2 atom stereocenters. The predicted octanol–water partition coefficient (Wildman–Crippen LogP) is -0.247. The molecular formula is C16H32N4O2.